The maximum Gasteiger partial charge on any atom is 0.248 e. The molecule has 0 fully saturated rings. The molecule has 4 heteroatoms. The highest BCUT2D eigenvalue weighted by Crippen LogP contribution is 2.18. The van der Waals surface area contributed by atoms with Gasteiger partial charge >= 0.3 is 0 Å². The van der Waals surface area contributed by atoms with Gasteiger partial charge in [0.25, 0.3) is 0 Å². The van der Waals surface area contributed by atoms with Crippen LogP contribution in [0.4, 0.5) is 17.1 Å². The minimum atomic E-state index is -0.176. The monoisotopic (exact) mass is 344 g/mol. The summed E-state index contributed by atoms with van der Waals surface area (Å²) in [5, 5.41) is 6.15. The van der Waals surface area contributed by atoms with Crippen molar-refractivity contribution in [3.8, 4) is 5.75 Å². The molecule has 0 unspecified atom stereocenters. The highest BCUT2D eigenvalue weighted by atomic mass is 16.5. The van der Waals surface area contributed by atoms with Gasteiger partial charge in [-0.05, 0) is 60.2 Å². The van der Waals surface area contributed by atoms with Gasteiger partial charge in [-0.15, -0.1) is 0 Å². The molecule has 3 aromatic rings. The van der Waals surface area contributed by atoms with E-state index in [9.17, 15) is 4.79 Å². The normalized spacial score (nSPS) is 10.5. The molecule has 1 amide bonds. The van der Waals surface area contributed by atoms with E-state index < -0.39 is 0 Å². The smallest absolute Gasteiger partial charge is 0.248 e. The first kappa shape index (κ1) is 17.3. The number of carbonyl (C=O) groups is 1. The molecule has 3 aromatic carbocycles. The molecule has 4 nitrogen and oxygen atoms in total. The fourth-order valence-electron chi connectivity index (χ4n) is 2.40. The highest BCUT2D eigenvalue weighted by Gasteiger charge is 1.99. The summed E-state index contributed by atoms with van der Waals surface area (Å²) < 4.78 is 5.11. The Kier molecular flexibility index (Phi) is 5.68. The zero-order valence-electron chi connectivity index (χ0n) is 14.5. The van der Waals surface area contributed by atoms with E-state index >= 15 is 0 Å². The number of carbonyl (C=O) groups excluding carboxylic acids is 1. The van der Waals surface area contributed by atoms with Crippen molar-refractivity contribution in [2.45, 2.75) is 0 Å². The van der Waals surface area contributed by atoms with Crippen LogP contribution in [0.1, 0.15) is 5.56 Å². The van der Waals surface area contributed by atoms with Crippen molar-refractivity contribution in [2.75, 3.05) is 17.7 Å². The van der Waals surface area contributed by atoms with Gasteiger partial charge in [-0.25, -0.2) is 0 Å². The summed E-state index contributed by atoms with van der Waals surface area (Å²) in [6, 6.07) is 25.0. The number of hydrogen-bond donors (Lipinski definition) is 2. The van der Waals surface area contributed by atoms with E-state index in [0.717, 1.165) is 28.4 Å². The molecule has 3 rings (SSSR count). The Labute approximate surface area is 153 Å². The number of amides is 1. The summed E-state index contributed by atoms with van der Waals surface area (Å²) in [6.07, 6.45) is 3.28. The Morgan fingerprint density at radius 3 is 2.08 bits per heavy atom. The summed E-state index contributed by atoms with van der Waals surface area (Å²) >= 11 is 0. The average Bonchev–Trinajstić information content (AvgIpc) is 2.69. The zero-order chi connectivity index (χ0) is 18.2. The van der Waals surface area contributed by atoms with Gasteiger partial charge in [0.1, 0.15) is 5.75 Å². The second-order valence-electron chi connectivity index (χ2n) is 5.66. The van der Waals surface area contributed by atoms with Crippen molar-refractivity contribution in [3.63, 3.8) is 0 Å². The Morgan fingerprint density at radius 2 is 1.42 bits per heavy atom. The molecule has 0 saturated heterocycles. The minimum absolute atomic E-state index is 0.176. The van der Waals surface area contributed by atoms with Gasteiger partial charge in [0.15, 0.2) is 0 Å². The van der Waals surface area contributed by atoms with Gasteiger partial charge in [-0.2, -0.15) is 0 Å². The number of methoxy groups -OCH3 is 1. The van der Waals surface area contributed by atoms with Crippen molar-refractivity contribution in [1.29, 1.82) is 0 Å². The first-order valence-electron chi connectivity index (χ1n) is 8.28. The van der Waals surface area contributed by atoms with Crippen molar-refractivity contribution in [1.82, 2.24) is 0 Å². The lowest BCUT2D eigenvalue weighted by Crippen LogP contribution is -2.07. The zero-order valence-corrected chi connectivity index (χ0v) is 14.5. The van der Waals surface area contributed by atoms with Crippen molar-refractivity contribution >= 4 is 29.0 Å². The van der Waals surface area contributed by atoms with Crippen LogP contribution in [0.2, 0.25) is 0 Å². The number of ether oxygens (including phenoxy) is 1. The molecular formula is C22H20N2O2. The quantitative estimate of drug-likeness (QED) is 0.612. The van der Waals surface area contributed by atoms with Crippen LogP contribution in [0.3, 0.4) is 0 Å². The van der Waals surface area contributed by atoms with Crippen LogP contribution in [0.5, 0.6) is 5.75 Å². The van der Waals surface area contributed by atoms with E-state index in [0.29, 0.717) is 0 Å². The average molecular weight is 344 g/mol. The summed E-state index contributed by atoms with van der Waals surface area (Å²) in [5.74, 6) is 0.611. The van der Waals surface area contributed by atoms with Gasteiger partial charge in [-0.3, -0.25) is 4.79 Å². The number of benzene rings is 3. The topological polar surface area (TPSA) is 50.4 Å². The maximum atomic E-state index is 12.0. The van der Waals surface area contributed by atoms with Gasteiger partial charge in [0.05, 0.1) is 7.11 Å². The van der Waals surface area contributed by atoms with Crippen LogP contribution in [-0.2, 0) is 4.79 Å². The van der Waals surface area contributed by atoms with Crippen LogP contribution in [0.25, 0.3) is 6.08 Å². The van der Waals surface area contributed by atoms with Crippen LogP contribution in [0.15, 0.2) is 84.9 Å². The van der Waals surface area contributed by atoms with Gasteiger partial charge in [-0.1, -0.05) is 30.3 Å². The highest BCUT2D eigenvalue weighted by molar-refractivity contribution is 6.02. The lowest BCUT2D eigenvalue weighted by atomic mass is 10.2. The molecule has 130 valence electrons. The van der Waals surface area contributed by atoms with Crippen molar-refractivity contribution in [2.24, 2.45) is 0 Å². The summed E-state index contributed by atoms with van der Waals surface area (Å²) in [7, 11) is 1.62. The fourth-order valence-corrected chi connectivity index (χ4v) is 2.40. The molecule has 0 heterocycles. The first-order valence-corrected chi connectivity index (χ1v) is 8.28. The molecule has 0 aliphatic carbocycles. The molecule has 0 radical (unpaired) electrons. The maximum absolute atomic E-state index is 12.0. The van der Waals surface area contributed by atoms with E-state index in [2.05, 4.69) is 10.6 Å². The Balaban J connectivity index is 1.56. The van der Waals surface area contributed by atoms with E-state index in [1.54, 1.807) is 13.2 Å². The van der Waals surface area contributed by atoms with Gasteiger partial charge in [0, 0.05) is 23.1 Å². The van der Waals surface area contributed by atoms with Crippen LogP contribution in [0, 0.1) is 0 Å². The molecule has 0 bridgehead atoms. The second kappa shape index (κ2) is 8.53. The van der Waals surface area contributed by atoms with Crippen molar-refractivity contribution < 1.29 is 9.53 Å². The molecule has 0 atom stereocenters. The molecule has 0 spiro atoms. The van der Waals surface area contributed by atoms with Gasteiger partial charge in [0.2, 0.25) is 5.91 Å². The summed E-state index contributed by atoms with van der Waals surface area (Å²) in [4.78, 5) is 12.0. The van der Waals surface area contributed by atoms with E-state index in [-0.39, 0.29) is 5.91 Å². The predicted molar refractivity (Wildman–Crippen MR) is 107 cm³/mol. The third kappa shape index (κ3) is 4.98. The predicted octanol–water partition coefficient (Wildman–Crippen LogP) is 5.09. The lowest BCUT2D eigenvalue weighted by Gasteiger charge is -2.07. The van der Waals surface area contributed by atoms with Crippen molar-refractivity contribution in [3.05, 3.63) is 90.5 Å². The summed E-state index contributed by atoms with van der Waals surface area (Å²) in [5.41, 5.74) is 3.66. The number of hydrogen-bond acceptors (Lipinski definition) is 3. The Bertz CT molecular complexity index is 870. The van der Waals surface area contributed by atoms with E-state index in [4.69, 9.17) is 4.74 Å². The molecule has 26 heavy (non-hydrogen) atoms. The van der Waals surface area contributed by atoms with Crippen LogP contribution in [-0.4, -0.2) is 13.0 Å². The molecule has 0 saturated carbocycles. The number of nitrogens with one attached hydrogen (secondary N) is 2. The second-order valence-corrected chi connectivity index (χ2v) is 5.66. The third-order valence-electron chi connectivity index (χ3n) is 3.76. The molecule has 0 aliphatic rings. The largest absolute Gasteiger partial charge is 0.497 e. The standard InChI is InChI=1S/C22H20N2O2/c1-26-21-14-7-17(8-15-21)9-16-22(25)24-20-12-10-19(11-13-20)23-18-5-3-2-4-6-18/h2-16,23H,1H3,(H,24,25)/b16-9+. The number of para-hydroxylation sites is 1. The first-order chi connectivity index (χ1) is 12.7. The molecule has 0 aliphatic heterocycles. The van der Waals surface area contributed by atoms with E-state index in [1.165, 1.54) is 6.08 Å². The molecular weight excluding hydrogens is 324 g/mol. The Morgan fingerprint density at radius 1 is 0.808 bits per heavy atom. The van der Waals surface area contributed by atoms with Gasteiger partial charge < -0.3 is 15.4 Å². The third-order valence-corrected chi connectivity index (χ3v) is 3.76. The SMILES string of the molecule is COc1ccc(/C=C/C(=O)Nc2ccc(Nc3ccccc3)cc2)cc1. The fraction of sp³-hybridized carbons (Fsp3) is 0.0455. The lowest BCUT2D eigenvalue weighted by molar-refractivity contribution is -0.111. The molecule has 0 aromatic heterocycles. The molecule has 2 N–H and O–H groups in total. The van der Waals surface area contributed by atoms with Crippen LogP contribution < -0.4 is 15.4 Å². The summed E-state index contributed by atoms with van der Waals surface area (Å²) in [6.45, 7) is 0. The number of rotatable bonds is 6. The van der Waals surface area contributed by atoms with E-state index in [1.807, 2.05) is 78.9 Å². The number of anilines is 3. The minimum Gasteiger partial charge on any atom is -0.497 e. The Hall–Kier alpha value is -3.53. The van der Waals surface area contributed by atoms with Crippen LogP contribution >= 0.6 is 0 Å².